The van der Waals surface area contributed by atoms with E-state index in [0.717, 1.165) is 22.5 Å². The molecule has 1 amide bonds. The maximum absolute atomic E-state index is 13.4. The number of hydrogen-bond acceptors (Lipinski definition) is 6. The van der Waals surface area contributed by atoms with E-state index < -0.39 is 6.04 Å². The van der Waals surface area contributed by atoms with E-state index in [1.54, 1.807) is 4.68 Å². The van der Waals surface area contributed by atoms with Gasteiger partial charge in [-0.1, -0.05) is 24.3 Å². The summed E-state index contributed by atoms with van der Waals surface area (Å²) in [6.07, 6.45) is 1.47. The van der Waals surface area contributed by atoms with Crippen molar-refractivity contribution in [2.45, 2.75) is 19.9 Å². The molecule has 29 heavy (non-hydrogen) atoms. The Labute approximate surface area is 167 Å². The topological polar surface area (TPSA) is 90.3 Å². The maximum Gasteiger partial charge on any atom is 0.255 e. The van der Waals surface area contributed by atoms with Crippen LogP contribution in [0.25, 0.3) is 0 Å². The van der Waals surface area contributed by atoms with Crippen LogP contribution in [-0.4, -0.2) is 27.5 Å². The molecule has 8 heteroatoms. The number of carbonyl (C=O) groups is 1. The van der Waals surface area contributed by atoms with Crippen molar-refractivity contribution in [2.24, 2.45) is 0 Å². The maximum atomic E-state index is 13.4. The van der Waals surface area contributed by atoms with Gasteiger partial charge < -0.3 is 20.1 Å². The van der Waals surface area contributed by atoms with E-state index in [9.17, 15) is 4.79 Å². The van der Waals surface area contributed by atoms with Gasteiger partial charge in [0.2, 0.25) is 12.7 Å². The van der Waals surface area contributed by atoms with Crippen LogP contribution in [0.1, 0.15) is 24.1 Å². The van der Waals surface area contributed by atoms with Gasteiger partial charge in [-0.2, -0.15) is 10.1 Å². The van der Waals surface area contributed by atoms with E-state index in [-0.39, 0.29) is 12.7 Å². The van der Waals surface area contributed by atoms with Crippen LogP contribution in [0.3, 0.4) is 0 Å². The van der Waals surface area contributed by atoms with Crippen LogP contribution in [0.15, 0.2) is 60.1 Å². The Bertz CT molecular complexity index is 1150. The van der Waals surface area contributed by atoms with Gasteiger partial charge in [0.1, 0.15) is 12.4 Å². The number of hydrogen-bond donors (Lipinski definition) is 2. The number of anilines is 2. The van der Waals surface area contributed by atoms with Crippen LogP contribution < -0.4 is 20.1 Å². The van der Waals surface area contributed by atoms with Crippen LogP contribution in [0.5, 0.6) is 11.5 Å². The van der Waals surface area contributed by atoms with Crippen LogP contribution in [0.4, 0.5) is 11.6 Å². The lowest BCUT2D eigenvalue weighted by Crippen LogP contribution is -2.31. The number of nitrogens with one attached hydrogen (secondary N) is 2. The zero-order chi connectivity index (χ0) is 20.0. The van der Waals surface area contributed by atoms with Crippen LogP contribution in [-0.2, 0) is 4.79 Å². The average molecular weight is 389 g/mol. The van der Waals surface area contributed by atoms with Crippen molar-refractivity contribution in [3.63, 3.8) is 0 Å². The zero-order valence-corrected chi connectivity index (χ0v) is 16.0. The van der Waals surface area contributed by atoms with Gasteiger partial charge in [0.25, 0.3) is 5.91 Å². The fraction of sp³-hybridized carbons (Fsp3) is 0.190. The van der Waals surface area contributed by atoms with Crippen molar-refractivity contribution in [1.29, 1.82) is 0 Å². The normalized spacial score (nSPS) is 17.0. The third-order valence-electron chi connectivity index (χ3n) is 5.14. The second-order valence-electron chi connectivity index (χ2n) is 6.98. The molecule has 2 N–H and O–H groups in total. The van der Waals surface area contributed by atoms with Gasteiger partial charge in [-0.15, -0.1) is 0 Å². The van der Waals surface area contributed by atoms with Crippen molar-refractivity contribution in [3.8, 4) is 11.5 Å². The molecular weight excluding hydrogens is 370 g/mol. The molecular formula is C21H19N5O3. The molecule has 5 rings (SSSR count). The predicted molar refractivity (Wildman–Crippen MR) is 107 cm³/mol. The highest BCUT2D eigenvalue weighted by Gasteiger charge is 2.34. The van der Waals surface area contributed by atoms with E-state index in [2.05, 4.69) is 20.7 Å². The van der Waals surface area contributed by atoms with Crippen LogP contribution >= 0.6 is 0 Å². The van der Waals surface area contributed by atoms with Gasteiger partial charge in [-0.25, -0.2) is 4.68 Å². The monoisotopic (exact) mass is 389 g/mol. The average Bonchev–Trinajstić information content (AvgIpc) is 3.36. The Kier molecular flexibility index (Phi) is 3.97. The van der Waals surface area contributed by atoms with Gasteiger partial charge >= 0.3 is 0 Å². The summed E-state index contributed by atoms with van der Waals surface area (Å²) < 4.78 is 12.7. The lowest BCUT2D eigenvalue weighted by atomic mass is 9.94. The lowest BCUT2D eigenvalue weighted by molar-refractivity contribution is -0.113. The number of carbonyl (C=O) groups excluding carboxylic acids is 1. The van der Waals surface area contributed by atoms with Gasteiger partial charge in [0.05, 0.1) is 5.57 Å². The SMILES string of the molecule is CC1=C(C(=O)Nc2ccccc2C)C(c2ccc3c(c2)OCO3)n2ncnc2N1. The molecule has 2 aliphatic heterocycles. The number of ether oxygens (including phenoxy) is 2. The summed E-state index contributed by atoms with van der Waals surface area (Å²) in [6, 6.07) is 12.9. The van der Waals surface area contributed by atoms with Gasteiger partial charge in [0.15, 0.2) is 11.5 Å². The number of aryl methyl sites for hydroxylation is 1. The number of amides is 1. The predicted octanol–water partition coefficient (Wildman–Crippen LogP) is 3.24. The zero-order valence-electron chi connectivity index (χ0n) is 16.0. The molecule has 3 heterocycles. The molecule has 2 aliphatic rings. The van der Waals surface area contributed by atoms with E-state index in [4.69, 9.17) is 9.47 Å². The van der Waals surface area contributed by atoms with Crippen LogP contribution in [0.2, 0.25) is 0 Å². The highest BCUT2D eigenvalue weighted by Crippen LogP contribution is 2.40. The van der Waals surface area contributed by atoms with Gasteiger partial charge in [0, 0.05) is 11.4 Å². The molecule has 0 saturated heterocycles. The fourth-order valence-corrected chi connectivity index (χ4v) is 3.68. The molecule has 2 aromatic carbocycles. The molecule has 0 fully saturated rings. The fourth-order valence-electron chi connectivity index (χ4n) is 3.68. The van der Waals surface area contributed by atoms with Gasteiger partial charge in [-0.3, -0.25) is 4.79 Å². The Balaban J connectivity index is 1.58. The Morgan fingerprint density at radius 1 is 1.17 bits per heavy atom. The molecule has 3 aromatic rings. The van der Waals surface area contributed by atoms with Crippen LogP contribution in [0, 0.1) is 6.92 Å². The number of aromatic nitrogens is 3. The highest BCUT2D eigenvalue weighted by molar-refractivity contribution is 6.06. The summed E-state index contributed by atoms with van der Waals surface area (Å²) in [4.78, 5) is 17.6. The van der Waals surface area contributed by atoms with Crippen molar-refractivity contribution in [1.82, 2.24) is 14.8 Å². The highest BCUT2D eigenvalue weighted by atomic mass is 16.7. The minimum Gasteiger partial charge on any atom is -0.454 e. The number of allylic oxidation sites excluding steroid dienone is 1. The van der Waals surface area contributed by atoms with E-state index in [0.29, 0.717) is 23.0 Å². The van der Waals surface area contributed by atoms with E-state index in [1.165, 1.54) is 6.33 Å². The number of para-hydroxylation sites is 1. The third kappa shape index (κ3) is 2.89. The number of nitrogens with zero attached hydrogens (tertiary/aromatic N) is 3. The minimum absolute atomic E-state index is 0.190. The second-order valence-corrected chi connectivity index (χ2v) is 6.98. The molecule has 0 aliphatic carbocycles. The third-order valence-corrected chi connectivity index (χ3v) is 5.14. The number of fused-ring (bicyclic) bond motifs is 2. The summed E-state index contributed by atoms with van der Waals surface area (Å²) in [5, 5.41) is 10.6. The Morgan fingerprint density at radius 3 is 2.86 bits per heavy atom. The van der Waals surface area contributed by atoms with Crippen molar-refractivity contribution < 1.29 is 14.3 Å². The Hall–Kier alpha value is -3.81. The molecule has 1 aromatic heterocycles. The molecule has 0 spiro atoms. The number of rotatable bonds is 3. The standard InChI is InChI=1S/C21H19N5O3/c1-12-5-3-4-6-15(12)25-20(27)18-13(2)24-21-22-10-23-26(21)19(18)14-7-8-16-17(9-14)29-11-28-16/h3-10,19H,11H2,1-2H3,(H,25,27)(H,22,23,24). The first-order valence-corrected chi connectivity index (χ1v) is 9.25. The molecule has 8 nitrogen and oxygen atoms in total. The molecule has 0 radical (unpaired) electrons. The first kappa shape index (κ1) is 17.3. The molecule has 1 atom stereocenters. The lowest BCUT2D eigenvalue weighted by Gasteiger charge is -2.29. The van der Waals surface area contributed by atoms with E-state index in [1.807, 2.05) is 56.3 Å². The first-order valence-electron chi connectivity index (χ1n) is 9.25. The van der Waals surface area contributed by atoms with Crippen molar-refractivity contribution in [3.05, 3.63) is 71.2 Å². The second kappa shape index (κ2) is 6.66. The molecule has 146 valence electrons. The first-order chi connectivity index (χ1) is 14.1. The summed E-state index contributed by atoms with van der Waals surface area (Å²) in [6.45, 7) is 4.01. The summed E-state index contributed by atoms with van der Waals surface area (Å²) in [5.41, 5.74) is 3.90. The van der Waals surface area contributed by atoms with E-state index >= 15 is 0 Å². The molecule has 0 bridgehead atoms. The quantitative estimate of drug-likeness (QED) is 0.715. The summed E-state index contributed by atoms with van der Waals surface area (Å²) >= 11 is 0. The largest absolute Gasteiger partial charge is 0.454 e. The molecule has 1 unspecified atom stereocenters. The summed E-state index contributed by atoms with van der Waals surface area (Å²) in [7, 11) is 0. The summed E-state index contributed by atoms with van der Waals surface area (Å²) in [5.74, 6) is 1.72. The molecule has 0 saturated carbocycles. The van der Waals surface area contributed by atoms with Crippen molar-refractivity contribution >= 4 is 17.5 Å². The Morgan fingerprint density at radius 2 is 2.00 bits per heavy atom. The van der Waals surface area contributed by atoms with Crippen molar-refractivity contribution in [2.75, 3.05) is 17.4 Å². The number of benzene rings is 2. The smallest absolute Gasteiger partial charge is 0.255 e. The van der Waals surface area contributed by atoms with Gasteiger partial charge in [-0.05, 0) is 43.2 Å². The minimum atomic E-state index is -0.452.